The Bertz CT molecular complexity index is 554. The van der Waals surface area contributed by atoms with E-state index in [2.05, 4.69) is 16.3 Å². The standard InChI is InChI=1S/C16H21N3OS/c1-19(2)13(14-9-6-10-21-14)11-18-16(20)15(17)12-7-4-3-5-8-12/h3-10,13,15H,11,17H2,1-2H3,(H,18,20)/t13?,15-/m1/s1. The number of nitrogens with two attached hydrogens (primary N) is 1. The molecule has 1 aromatic heterocycles. The highest BCUT2D eigenvalue weighted by Gasteiger charge is 2.19. The number of hydrogen-bond donors (Lipinski definition) is 2. The molecule has 0 spiro atoms. The van der Waals surface area contributed by atoms with Gasteiger partial charge in [-0.2, -0.15) is 0 Å². The molecule has 2 rings (SSSR count). The van der Waals surface area contributed by atoms with Gasteiger partial charge in [-0.3, -0.25) is 4.79 Å². The Morgan fingerprint density at radius 3 is 2.52 bits per heavy atom. The van der Waals surface area contributed by atoms with Crippen molar-refractivity contribution in [2.24, 2.45) is 5.73 Å². The minimum Gasteiger partial charge on any atom is -0.352 e. The molecule has 0 saturated heterocycles. The molecule has 0 aliphatic rings. The van der Waals surface area contributed by atoms with Gasteiger partial charge in [0.2, 0.25) is 5.91 Å². The molecule has 21 heavy (non-hydrogen) atoms. The maximum absolute atomic E-state index is 12.2. The summed E-state index contributed by atoms with van der Waals surface area (Å²) in [4.78, 5) is 15.5. The van der Waals surface area contributed by atoms with Crippen molar-refractivity contribution >= 4 is 17.2 Å². The first kappa shape index (κ1) is 15.7. The van der Waals surface area contributed by atoms with E-state index < -0.39 is 6.04 Å². The molecule has 0 saturated carbocycles. The van der Waals surface area contributed by atoms with Gasteiger partial charge >= 0.3 is 0 Å². The summed E-state index contributed by atoms with van der Waals surface area (Å²) in [5.41, 5.74) is 6.82. The van der Waals surface area contributed by atoms with Gasteiger partial charge in [-0.05, 0) is 31.1 Å². The first-order valence-corrected chi connectivity index (χ1v) is 7.75. The predicted octanol–water partition coefficient (Wildman–Crippen LogP) is 2.17. The summed E-state index contributed by atoms with van der Waals surface area (Å²) < 4.78 is 0. The summed E-state index contributed by atoms with van der Waals surface area (Å²) in [5, 5.41) is 5.00. The summed E-state index contributed by atoms with van der Waals surface area (Å²) in [7, 11) is 4.02. The summed E-state index contributed by atoms with van der Waals surface area (Å²) >= 11 is 1.69. The van der Waals surface area contributed by atoms with Crippen LogP contribution in [0.25, 0.3) is 0 Å². The van der Waals surface area contributed by atoms with E-state index in [1.165, 1.54) is 4.88 Å². The highest BCUT2D eigenvalue weighted by molar-refractivity contribution is 7.10. The van der Waals surface area contributed by atoms with Gasteiger partial charge in [0.1, 0.15) is 6.04 Å². The van der Waals surface area contributed by atoms with Crippen LogP contribution in [0.2, 0.25) is 0 Å². The normalized spacial score (nSPS) is 13.9. The van der Waals surface area contributed by atoms with E-state index in [9.17, 15) is 4.79 Å². The van der Waals surface area contributed by atoms with Crippen molar-refractivity contribution in [2.75, 3.05) is 20.6 Å². The number of amides is 1. The van der Waals surface area contributed by atoms with E-state index in [1.54, 1.807) is 11.3 Å². The lowest BCUT2D eigenvalue weighted by molar-refractivity contribution is -0.122. The second kappa shape index (κ2) is 7.36. The molecule has 112 valence electrons. The summed E-state index contributed by atoms with van der Waals surface area (Å²) in [6, 6.07) is 13.1. The third kappa shape index (κ3) is 4.14. The van der Waals surface area contributed by atoms with Gasteiger partial charge in [0.05, 0.1) is 6.04 Å². The molecule has 0 fully saturated rings. The molecule has 0 aliphatic heterocycles. The number of thiophene rings is 1. The number of hydrogen-bond acceptors (Lipinski definition) is 4. The molecule has 1 aromatic carbocycles. The van der Waals surface area contributed by atoms with Gasteiger partial charge in [-0.15, -0.1) is 11.3 Å². The number of benzene rings is 1. The topological polar surface area (TPSA) is 58.4 Å². The van der Waals surface area contributed by atoms with Crippen molar-refractivity contribution in [3.05, 3.63) is 58.3 Å². The third-order valence-corrected chi connectivity index (χ3v) is 4.38. The number of rotatable bonds is 6. The maximum atomic E-state index is 12.2. The van der Waals surface area contributed by atoms with Crippen molar-refractivity contribution in [3.63, 3.8) is 0 Å². The molecule has 4 nitrogen and oxygen atoms in total. The summed E-state index contributed by atoms with van der Waals surface area (Å²) in [6.45, 7) is 0.548. The van der Waals surface area contributed by atoms with E-state index in [0.29, 0.717) is 6.54 Å². The second-order valence-electron chi connectivity index (χ2n) is 5.13. The largest absolute Gasteiger partial charge is 0.352 e. The fraction of sp³-hybridized carbons (Fsp3) is 0.312. The Kier molecular flexibility index (Phi) is 5.50. The molecule has 0 bridgehead atoms. The molecular formula is C16H21N3OS. The Morgan fingerprint density at radius 2 is 1.95 bits per heavy atom. The molecule has 0 aliphatic carbocycles. The van der Waals surface area contributed by atoms with Crippen molar-refractivity contribution in [1.82, 2.24) is 10.2 Å². The van der Waals surface area contributed by atoms with Crippen LogP contribution in [0.5, 0.6) is 0 Å². The van der Waals surface area contributed by atoms with Crippen LogP contribution >= 0.6 is 11.3 Å². The molecule has 3 N–H and O–H groups in total. The lowest BCUT2D eigenvalue weighted by Crippen LogP contribution is -2.39. The highest BCUT2D eigenvalue weighted by Crippen LogP contribution is 2.22. The molecule has 0 radical (unpaired) electrons. The van der Waals surface area contributed by atoms with E-state index in [-0.39, 0.29) is 11.9 Å². The molecular weight excluding hydrogens is 282 g/mol. The van der Waals surface area contributed by atoms with Crippen molar-refractivity contribution in [3.8, 4) is 0 Å². The van der Waals surface area contributed by atoms with Crippen LogP contribution in [0.1, 0.15) is 22.5 Å². The SMILES string of the molecule is CN(C)C(CNC(=O)[C@H](N)c1ccccc1)c1cccs1. The summed E-state index contributed by atoms with van der Waals surface area (Å²) in [5.74, 6) is -0.149. The lowest BCUT2D eigenvalue weighted by Gasteiger charge is -2.24. The van der Waals surface area contributed by atoms with Crippen LogP contribution in [0.4, 0.5) is 0 Å². The maximum Gasteiger partial charge on any atom is 0.241 e. The van der Waals surface area contributed by atoms with Crippen LogP contribution in [0.15, 0.2) is 47.8 Å². The van der Waals surface area contributed by atoms with Crippen molar-refractivity contribution in [1.29, 1.82) is 0 Å². The molecule has 2 aromatic rings. The number of nitrogens with one attached hydrogen (secondary N) is 1. The van der Waals surface area contributed by atoms with E-state index in [0.717, 1.165) is 5.56 Å². The van der Waals surface area contributed by atoms with Crippen LogP contribution in [0.3, 0.4) is 0 Å². The average molecular weight is 303 g/mol. The minimum atomic E-state index is -0.627. The first-order chi connectivity index (χ1) is 10.1. The van der Waals surface area contributed by atoms with Crippen LogP contribution in [0, 0.1) is 0 Å². The Labute approximate surface area is 129 Å². The van der Waals surface area contributed by atoms with Gasteiger partial charge in [-0.1, -0.05) is 36.4 Å². The van der Waals surface area contributed by atoms with Gasteiger partial charge < -0.3 is 16.0 Å². The smallest absolute Gasteiger partial charge is 0.241 e. The second-order valence-corrected chi connectivity index (χ2v) is 6.11. The lowest BCUT2D eigenvalue weighted by atomic mass is 10.1. The number of carbonyl (C=O) groups excluding carboxylic acids is 1. The van der Waals surface area contributed by atoms with Gasteiger partial charge in [-0.25, -0.2) is 0 Å². The van der Waals surface area contributed by atoms with E-state index >= 15 is 0 Å². The highest BCUT2D eigenvalue weighted by atomic mass is 32.1. The molecule has 1 heterocycles. The first-order valence-electron chi connectivity index (χ1n) is 6.87. The van der Waals surface area contributed by atoms with E-state index in [1.807, 2.05) is 55.9 Å². The van der Waals surface area contributed by atoms with Crippen molar-refractivity contribution < 1.29 is 4.79 Å². The monoisotopic (exact) mass is 303 g/mol. The van der Waals surface area contributed by atoms with Gasteiger partial charge in [0.15, 0.2) is 0 Å². The Balaban J connectivity index is 1.96. The molecule has 1 amide bonds. The molecule has 5 heteroatoms. The molecule has 1 unspecified atom stereocenters. The fourth-order valence-electron chi connectivity index (χ4n) is 2.14. The predicted molar refractivity (Wildman–Crippen MR) is 87.1 cm³/mol. The third-order valence-electron chi connectivity index (χ3n) is 3.41. The zero-order valence-corrected chi connectivity index (χ0v) is 13.1. The van der Waals surface area contributed by atoms with Crippen LogP contribution in [-0.2, 0) is 4.79 Å². The average Bonchev–Trinajstić information content (AvgIpc) is 3.01. The van der Waals surface area contributed by atoms with Crippen LogP contribution < -0.4 is 11.1 Å². The minimum absolute atomic E-state index is 0.149. The Morgan fingerprint density at radius 1 is 1.24 bits per heavy atom. The van der Waals surface area contributed by atoms with Gasteiger partial charge in [0, 0.05) is 11.4 Å². The zero-order chi connectivity index (χ0) is 15.2. The Hall–Kier alpha value is -1.69. The number of likely N-dealkylation sites (N-methyl/N-ethyl adjacent to an activating group) is 1. The van der Waals surface area contributed by atoms with Gasteiger partial charge in [0.25, 0.3) is 0 Å². The van der Waals surface area contributed by atoms with E-state index in [4.69, 9.17) is 5.73 Å². The number of carbonyl (C=O) groups is 1. The summed E-state index contributed by atoms with van der Waals surface area (Å²) in [6.07, 6.45) is 0. The number of nitrogens with zero attached hydrogens (tertiary/aromatic N) is 1. The zero-order valence-electron chi connectivity index (χ0n) is 12.3. The fourth-order valence-corrected chi connectivity index (χ4v) is 3.06. The molecule has 2 atom stereocenters. The van der Waals surface area contributed by atoms with Crippen molar-refractivity contribution in [2.45, 2.75) is 12.1 Å². The quantitative estimate of drug-likeness (QED) is 0.860. The van der Waals surface area contributed by atoms with Crippen LogP contribution in [-0.4, -0.2) is 31.4 Å².